The number of rotatable bonds is 4. The lowest BCUT2D eigenvalue weighted by atomic mass is 9.86. The molecule has 144 valence electrons. The Morgan fingerprint density at radius 2 is 1.97 bits per heavy atom. The Morgan fingerprint density at radius 3 is 2.62 bits per heavy atom. The van der Waals surface area contributed by atoms with Crippen LogP contribution in [0, 0.1) is 18.3 Å². The van der Waals surface area contributed by atoms with Gasteiger partial charge in [0.15, 0.2) is 5.76 Å². The zero-order chi connectivity index (χ0) is 20.6. The first-order valence-corrected chi connectivity index (χ1v) is 9.03. The number of carbonyl (C=O) groups excluding carboxylic acids is 1. The topological polar surface area (TPSA) is 105 Å². The van der Waals surface area contributed by atoms with Gasteiger partial charge in [-0.3, -0.25) is 4.79 Å². The van der Waals surface area contributed by atoms with Gasteiger partial charge >= 0.3 is 0 Å². The van der Waals surface area contributed by atoms with Gasteiger partial charge in [-0.15, -0.1) is 0 Å². The first kappa shape index (κ1) is 18.4. The summed E-state index contributed by atoms with van der Waals surface area (Å²) in [5.74, 6) is 0.210. The van der Waals surface area contributed by atoms with E-state index >= 15 is 0 Å². The number of benzene rings is 1. The van der Waals surface area contributed by atoms with Crippen LogP contribution in [0.15, 0.2) is 57.7 Å². The molecule has 1 amide bonds. The van der Waals surface area contributed by atoms with Gasteiger partial charge in [0, 0.05) is 5.69 Å². The van der Waals surface area contributed by atoms with E-state index in [0.29, 0.717) is 33.8 Å². The number of furan rings is 1. The summed E-state index contributed by atoms with van der Waals surface area (Å²) in [6.45, 7) is 5.45. The number of hydrogen-bond acceptors (Lipinski definition) is 6. The molecule has 7 heteroatoms. The molecule has 0 aliphatic rings. The number of anilines is 1. The van der Waals surface area contributed by atoms with Crippen molar-refractivity contribution in [3.63, 3.8) is 0 Å². The zero-order valence-electron chi connectivity index (χ0n) is 16.2. The molecule has 0 aliphatic heterocycles. The molecule has 1 N–H and O–H groups in total. The Labute approximate surface area is 167 Å². The molecular weight excluding hydrogens is 368 g/mol. The van der Waals surface area contributed by atoms with Gasteiger partial charge in [-0.1, -0.05) is 17.3 Å². The molecule has 0 saturated heterocycles. The van der Waals surface area contributed by atoms with Crippen molar-refractivity contribution in [3.8, 4) is 17.5 Å². The van der Waals surface area contributed by atoms with Gasteiger partial charge in [-0.2, -0.15) is 5.26 Å². The second-order valence-corrected chi connectivity index (χ2v) is 7.25. The lowest BCUT2D eigenvalue weighted by Gasteiger charge is -2.16. The standard InChI is InChI=1S/C22H18N4O3/c1-13-19-16(11-17(18-5-4-10-28-18)25-21(19)29-26-13)20(27)24-15-8-6-14(7-9-15)22(2,3)12-23/h4-11H,1-3H3,(H,24,27). The predicted molar refractivity (Wildman–Crippen MR) is 107 cm³/mol. The molecule has 0 radical (unpaired) electrons. The van der Waals surface area contributed by atoms with Crippen molar-refractivity contribution in [2.45, 2.75) is 26.2 Å². The summed E-state index contributed by atoms with van der Waals surface area (Å²) in [7, 11) is 0. The van der Waals surface area contributed by atoms with E-state index in [9.17, 15) is 10.1 Å². The van der Waals surface area contributed by atoms with Crippen LogP contribution in [-0.4, -0.2) is 16.0 Å². The molecule has 29 heavy (non-hydrogen) atoms. The van der Waals surface area contributed by atoms with Gasteiger partial charge in [0.2, 0.25) is 0 Å². The maximum absolute atomic E-state index is 13.0. The lowest BCUT2D eigenvalue weighted by Crippen LogP contribution is -2.15. The summed E-state index contributed by atoms with van der Waals surface area (Å²) in [6, 6.07) is 14.7. The monoisotopic (exact) mass is 386 g/mol. The van der Waals surface area contributed by atoms with Crippen LogP contribution in [0.4, 0.5) is 5.69 Å². The van der Waals surface area contributed by atoms with Crippen molar-refractivity contribution >= 4 is 22.7 Å². The third-order valence-corrected chi connectivity index (χ3v) is 4.78. The molecule has 7 nitrogen and oxygen atoms in total. The van der Waals surface area contributed by atoms with Crippen LogP contribution in [0.1, 0.15) is 35.5 Å². The highest BCUT2D eigenvalue weighted by Crippen LogP contribution is 2.28. The first-order chi connectivity index (χ1) is 13.9. The van der Waals surface area contributed by atoms with E-state index in [2.05, 4.69) is 21.5 Å². The van der Waals surface area contributed by atoms with Crippen LogP contribution < -0.4 is 5.32 Å². The Balaban J connectivity index is 1.70. The van der Waals surface area contributed by atoms with Crippen molar-refractivity contribution < 1.29 is 13.7 Å². The summed E-state index contributed by atoms with van der Waals surface area (Å²) in [5.41, 5.74) is 2.61. The highest BCUT2D eigenvalue weighted by molar-refractivity contribution is 6.12. The number of fused-ring (bicyclic) bond motifs is 1. The molecule has 0 atom stereocenters. The average molecular weight is 386 g/mol. The van der Waals surface area contributed by atoms with E-state index in [4.69, 9.17) is 8.94 Å². The van der Waals surface area contributed by atoms with E-state index in [1.165, 1.54) is 6.26 Å². The van der Waals surface area contributed by atoms with E-state index < -0.39 is 5.41 Å². The van der Waals surface area contributed by atoms with Crippen LogP contribution in [-0.2, 0) is 5.41 Å². The Hall–Kier alpha value is -3.92. The van der Waals surface area contributed by atoms with Gasteiger partial charge in [-0.25, -0.2) is 4.98 Å². The third kappa shape index (κ3) is 3.36. The van der Waals surface area contributed by atoms with Crippen molar-refractivity contribution in [1.82, 2.24) is 10.1 Å². The van der Waals surface area contributed by atoms with E-state index in [-0.39, 0.29) is 11.6 Å². The van der Waals surface area contributed by atoms with E-state index in [1.54, 1.807) is 37.3 Å². The smallest absolute Gasteiger partial charge is 0.259 e. The van der Waals surface area contributed by atoms with Crippen LogP contribution >= 0.6 is 0 Å². The molecule has 0 fully saturated rings. The van der Waals surface area contributed by atoms with Crippen molar-refractivity contribution in [1.29, 1.82) is 5.26 Å². The molecule has 3 heterocycles. The summed E-state index contributed by atoms with van der Waals surface area (Å²) < 4.78 is 10.7. The normalized spacial score (nSPS) is 11.4. The van der Waals surface area contributed by atoms with Gasteiger partial charge in [0.25, 0.3) is 11.6 Å². The summed E-state index contributed by atoms with van der Waals surface area (Å²) in [5, 5.41) is 16.7. The zero-order valence-corrected chi connectivity index (χ0v) is 16.2. The van der Waals surface area contributed by atoms with Crippen LogP contribution in [0.2, 0.25) is 0 Å². The average Bonchev–Trinajstić information content (AvgIpc) is 3.38. The van der Waals surface area contributed by atoms with Gasteiger partial charge in [0.1, 0.15) is 5.69 Å². The highest BCUT2D eigenvalue weighted by atomic mass is 16.5. The van der Waals surface area contributed by atoms with Crippen LogP contribution in [0.5, 0.6) is 0 Å². The summed E-state index contributed by atoms with van der Waals surface area (Å²) in [6.07, 6.45) is 1.54. The largest absolute Gasteiger partial charge is 0.463 e. The SMILES string of the molecule is Cc1noc2nc(-c3ccco3)cc(C(=O)Nc3ccc(C(C)(C)C#N)cc3)c12. The maximum atomic E-state index is 13.0. The van der Waals surface area contributed by atoms with Gasteiger partial charge < -0.3 is 14.3 Å². The summed E-state index contributed by atoms with van der Waals surface area (Å²) >= 11 is 0. The minimum Gasteiger partial charge on any atom is -0.463 e. The molecule has 4 aromatic rings. The Bertz CT molecular complexity index is 1230. The van der Waals surface area contributed by atoms with E-state index in [1.807, 2.05) is 26.0 Å². The number of nitriles is 1. The van der Waals surface area contributed by atoms with Crippen molar-refractivity contribution in [2.24, 2.45) is 0 Å². The number of nitrogens with one attached hydrogen (secondary N) is 1. The maximum Gasteiger partial charge on any atom is 0.259 e. The number of carbonyl (C=O) groups is 1. The summed E-state index contributed by atoms with van der Waals surface area (Å²) in [4.78, 5) is 17.4. The number of nitrogens with zero attached hydrogens (tertiary/aromatic N) is 3. The molecule has 0 saturated carbocycles. The first-order valence-electron chi connectivity index (χ1n) is 9.03. The molecule has 0 aliphatic carbocycles. The Morgan fingerprint density at radius 1 is 1.21 bits per heavy atom. The van der Waals surface area contributed by atoms with Crippen molar-refractivity contribution in [2.75, 3.05) is 5.32 Å². The highest BCUT2D eigenvalue weighted by Gasteiger charge is 2.22. The number of aromatic nitrogens is 2. The molecule has 4 rings (SSSR count). The van der Waals surface area contributed by atoms with Gasteiger partial charge in [-0.05, 0) is 56.7 Å². The van der Waals surface area contributed by atoms with Gasteiger partial charge in [0.05, 0.1) is 34.4 Å². The lowest BCUT2D eigenvalue weighted by molar-refractivity contribution is 0.102. The van der Waals surface area contributed by atoms with E-state index in [0.717, 1.165) is 5.56 Å². The third-order valence-electron chi connectivity index (χ3n) is 4.78. The molecule has 0 spiro atoms. The Kier molecular flexibility index (Phi) is 4.40. The fourth-order valence-corrected chi connectivity index (χ4v) is 3.06. The predicted octanol–water partition coefficient (Wildman–Crippen LogP) is 4.84. The second-order valence-electron chi connectivity index (χ2n) is 7.25. The number of hydrogen-bond donors (Lipinski definition) is 1. The van der Waals surface area contributed by atoms with Crippen LogP contribution in [0.3, 0.4) is 0 Å². The molecular formula is C22H18N4O3. The van der Waals surface area contributed by atoms with Crippen molar-refractivity contribution in [3.05, 3.63) is 65.5 Å². The fourth-order valence-electron chi connectivity index (χ4n) is 3.06. The molecule has 3 aromatic heterocycles. The number of pyridine rings is 1. The fraction of sp³-hybridized carbons (Fsp3) is 0.182. The minimum atomic E-state index is -0.600. The second kappa shape index (κ2) is 6.91. The van der Waals surface area contributed by atoms with Crippen LogP contribution in [0.25, 0.3) is 22.6 Å². The molecule has 1 aromatic carbocycles. The number of aryl methyl sites for hydroxylation is 1. The molecule has 0 unspecified atom stereocenters. The molecule has 0 bridgehead atoms. The quantitative estimate of drug-likeness (QED) is 0.538. The number of amides is 1. The minimum absolute atomic E-state index is 0.271.